The molecule has 0 amide bonds. The average Bonchev–Trinajstić information content (AvgIpc) is 2.37. The monoisotopic (exact) mass is 263 g/mol. The van der Waals surface area contributed by atoms with Crippen molar-refractivity contribution >= 4 is 5.82 Å². The average molecular weight is 263 g/mol. The Bertz CT molecular complexity index is 425. The van der Waals surface area contributed by atoms with Crippen LogP contribution in [-0.4, -0.2) is 27.2 Å². The van der Waals surface area contributed by atoms with Gasteiger partial charge in [0.05, 0.1) is 5.60 Å². The van der Waals surface area contributed by atoms with E-state index in [1.54, 1.807) is 0 Å². The van der Waals surface area contributed by atoms with E-state index in [9.17, 15) is 5.11 Å². The zero-order valence-electron chi connectivity index (χ0n) is 12.2. The summed E-state index contributed by atoms with van der Waals surface area (Å²) in [6.07, 6.45) is 5.27. The summed E-state index contributed by atoms with van der Waals surface area (Å²) in [6.45, 7) is 6.75. The van der Waals surface area contributed by atoms with Gasteiger partial charge >= 0.3 is 0 Å². The molecule has 1 aromatic heterocycles. The van der Waals surface area contributed by atoms with E-state index < -0.39 is 5.60 Å². The number of aliphatic hydroxyl groups is 1. The number of rotatable bonds is 4. The molecule has 0 aromatic carbocycles. The van der Waals surface area contributed by atoms with Crippen molar-refractivity contribution in [1.82, 2.24) is 9.97 Å². The predicted molar refractivity (Wildman–Crippen MR) is 77.4 cm³/mol. The first-order valence-corrected chi connectivity index (χ1v) is 7.30. The molecular formula is C15H25N3O. The Hall–Kier alpha value is -1.16. The second-order valence-electron chi connectivity index (χ2n) is 6.05. The lowest BCUT2D eigenvalue weighted by Gasteiger charge is -2.32. The van der Waals surface area contributed by atoms with Crippen molar-refractivity contribution in [2.45, 2.75) is 64.4 Å². The molecule has 0 atom stereocenters. The number of nitrogens with zero attached hydrogens (tertiary/aromatic N) is 2. The van der Waals surface area contributed by atoms with E-state index >= 15 is 0 Å². The fraction of sp³-hybridized carbons (Fsp3) is 0.733. The zero-order chi connectivity index (χ0) is 13.9. The molecule has 2 N–H and O–H groups in total. The molecule has 0 spiro atoms. The highest BCUT2D eigenvalue weighted by atomic mass is 16.3. The standard InChI is InChI=1S/C15H25N3O/c1-11(2)14-17-12(3)9-13(18-14)16-10-15(19)7-5-4-6-8-15/h9,11,19H,4-8,10H2,1-3H3,(H,16,17,18). The maximum absolute atomic E-state index is 10.5. The Morgan fingerprint density at radius 3 is 2.58 bits per heavy atom. The lowest BCUT2D eigenvalue weighted by Crippen LogP contribution is -2.39. The van der Waals surface area contributed by atoms with Gasteiger partial charge in [0.15, 0.2) is 0 Å². The molecule has 4 heteroatoms. The number of aromatic nitrogens is 2. The number of nitrogens with one attached hydrogen (secondary N) is 1. The fourth-order valence-electron chi connectivity index (χ4n) is 2.58. The minimum Gasteiger partial charge on any atom is -0.388 e. The van der Waals surface area contributed by atoms with Crippen molar-refractivity contribution in [3.05, 3.63) is 17.6 Å². The van der Waals surface area contributed by atoms with Crippen LogP contribution in [0, 0.1) is 6.92 Å². The summed E-state index contributed by atoms with van der Waals surface area (Å²) in [4.78, 5) is 8.95. The Morgan fingerprint density at radius 1 is 1.26 bits per heavy atom. The number of hydrogen-bond donors (Lipinski definition) is 2. The highest BCUT2D eigenvalue weighted by Crippen LogP contribution is 2.28. The van der Waals surface area contributed by atoms with Gasteiger partial charge in [-0.15, -0.1) is 0 Å². The van der Waals surface area contributed by atoms with Gasteiger partial charge in [-0.05, 0) is 19.8 Å². The van der Waals surface area contributed by atoms with Gasteiger partial charge in [-0.1, -0.05) is 33.1 Å². The van der Waals surface area contributed by atoms with E-state index in [1.807, 2.05) is 13.0 Å². The van der Waals surface area contributed by atoms with Crippen molar-refractivity contribution in [2.75, 3.05) is 11.9 Å². The van der Waals surface area contributed by atoms with Crippen molar-refractivity contribution in [3.8, 4) is 0 Å². The van der Waals surface area contributed by atoms with Crippen LogP contribution in [0.4, 0.5) is 5.82 Å². The van der Waals surface area contributed by atoms with E-state index in [0.717, 1.165) is 43.0 Å². The van der Waals surface area contributed by atoms with Crippen LogP contribution in [0.25, 0.3) is 0 Å². The minimum absolute atomic E-state index is 0.318. The molecule has 2 rings (SSSR count). The third-order valence-electron chi connectivity index (χ3n) is 3.77. The Morgan fingerprint density at radius 2 is 1.95 bits per heavy atom. The van der Waals surface area contributed by atoms with Gasteiger partial charge in [0, 0.05) is 24.2 Å². The number of hydrogen-bond acceptors (Lipinski definition) is 4. The van der Waals surface area contributed by atoms with Gasteiger partial charge < -0.3 is 10.4 Å². The molecular weight excluding hydrogens is 238 g/mol. The van der Waals surface area contributed by atoms with E-state index in [2.05, 4.69) is 29.1 Å². The third-order valence-corrected chi connectivity index (χ3v) is 3.77. The quantitative estimate of drug-likeness (QED) is 0.876. The molecule has 19 heavy (non-hydrogen) atoms. The van der Waals surface area contributed by atoms with Crippen LogP contribution in [0.1, 0.15) is 63.4 Å². The van der Waals surface area contributed by atoms with Crippen LogP contribution in [0.5, 0.6) is 0 Å². The normalized spacial score (nSPS) is 18.6. The zero-order valence-corrected chi connectivity index (χ0v) is 12.2. The van der Waals surface area contributed by atoms with Crippen LogP contribution in [0.15, 0.2) is 6.07 Å². The van der Waals surface area contributed by atoms with Gasteiger partial charge in [-0.2, -0.15) is 0 Å². The fourth-order valence-corrected chi connectivity index (χ4v) is 2.58. The maximum Gasteiger partial charge on any atom is 0.133 e. The number of anilines is 1. The second kappa shape index (κ2) is 5.87. The minimum atomic E-state index is -0.560. The van der Waals surface area contributed by atoms with E-state index in [0.29, 0.717) is 12.5 Å². The van der Waals surface area contributed by atoms with Crippen LogP contribution >= 0.6 is 0 Å². The summed E-state index contributed by atoms with van der Waals surface area (Å²) < 4.78 is 0. The molecule has 1 saturated carbocycles. The lowest BCUT2D eigenvalue weighted by atomic mass is 9.85. The van der Waals surface area contributed by atoms with E-state index in [-0.39, 0.29) is 0 Å². The van der Waals surface area contributed by atoms with Crippen LogP contribution in [0.3, 0.4) is 0 Å². The molecule has 0 saturated heterocycles. The van der Waals surface area contributed by atoms with Crippen molar-refractivity contribution in [1.29, 1.82) is 0 Å². The molecule has 4 nitrogen and oxygen atoms in total. The van der Waals surface area contributed by atoms with Gasteiger partial charge in [0.2, 0.25) is 0 Å². The molecule has 0 aliphatic heterocycles. The summed E-state index contributed by atoms with van der Waals surface area (Å²) in [5, 5.41) is 13.8. The van der Waals surface area contributed by atoms with Crippen LogP contribution in [0.2, 0.25) is 0 Å². The highest BCUT2D eigenvalue weighted by Gasteiger charge is 2.28. The summed E-state index contributed by atoms with van der Waals surface area (Å²) in [5.74, 6) is 2.01. The SMILES string of the molecule is Cc1cc(NCC2(O)CCCCC2)nc(C(C)C)n1. The largest absolute Gasteiger partial charge is 0.388 e. The molecule has 1 aromatic rings. The Balaban J connectivity index is 2.02. The van der Waals surface area contributed by atoms with Gasteiger partial charge in [0.1, 0.15) is 11.6 Å². The first-order chi connectivity index (χ1) is 8.98. The molecule has 1 aliphatic rings. The van der Waals surface area contributed by atoms with Crippen LogP contribution < -0.4 is 5.32 Å². The molecule has 1 heterocycles. The summed E-state index contributed by atoms with van der Waals surface area (Å²) in [5.41, 5.74) is 0.409. The van der Waals surface area contributed by atoms with Gasteiger partial charge in [0.25, 0.3) is 0 Å². The van der Waals surface area contributed by atoms with Crippen molar-refractivity contribution < 1.29 is 5.11 Å². The number of aryl methyl sites for hydroxylation is 1. The summed E-state index contributed by atoms with van der Waals surface area (Å²) >= 11 is 0. The second-order valence-corrected chi connectivity index (χ2v) is 6.05. The smallest absolute Gasteiger partial charge is 0.133 e. The first kappa shape index (κ1) is 14.3. The molecule has 106 valence electrons. The summed E-state index contributed by atoms with van der Waals surface area (Å²) in [6, 6.07) is 1.94. The van der Waals surface area contributed by atoms with Gasteiger partial charge in [-0.3, -0.25) is 0 Å². The Labute approximate surface area is 115 Å². The van der Waals surface area contributed by atoms with Crippen molar-refractivity contribution in [3.63, 3.8) is 0 Å². The van der Waals surface area contributed by atoms with Crippen LogP contribution in [-0.2, 0) is 0 Å². The van der Waals surface area contributed by atoms with E-state index in [4.69, 9.17) is 0 Å². The van der Waals surface area contributed by atoms with Gasteiger partial charge in [-0.25, -0.2) is 9.97 Å². The summed E-state index contributed by atoms with van der Waals surface area (Å²) in [7, 11) is 0. The molecule has 1 fully saturated rings. The first-order valence-electron chi connectivity index (χ1n) is 7.30. The molecule has 0 unspecified atom stereocenters. The Kier molecular flexibility index (Phi) is 4.40. The molecule has 1 aliphatic carbocycles. The highest BCUT2D eigenvalue weighted by molar-refractivity contribution is 5.36. The molecule has 0 bridgehead atoms. The topological polar surface area (TPSA) is 58.0 Å². The predicted octanol–water partition coefficient (Wildman–Crippen LogP) is 3.02. The van der Waals surface area contributed by atoms with Crippen molar-refractivity contribution in [2.24, 2.45) is 0 Å². The molecule has 0 radical (unpaired) electrons. The third kappa shape index (κ3) is 3.90. The maximum atomic E-state index is 10.5. The van der Waals surface area contributed by atoms with E-state index in [1.165, 1.54) is 6.42 Å². The lowest BCUT2D eigenvalue weighted by molar-refractivity contribution is 0.0166.